The van der Waals surface area contributed by atoms with Crippen molar-refractivity contribution in [1.82, 2.24) is 20.2 Å². The number of likely N-dealkylation sites (N-methyl/N-ethyl adjacent to an activating group) is 1. The molecule has 0 bridgehead atoms. The van der Waals surface area contributed by atoms with Gasteiger partial charge in [0.05, 0.1) is 11.4 Å². The molecule has 2 saturated heterocycles. The molecule has 3 N–H and O–H groups in total. The van der Waals surface area contributed by atoms with E-state index in [-0.39, 0.29) is 23.3 Å². The molecule has 3 heterocycles. The van der Waals surface area contributed by atoms with Gasteiger partial charge in [-0.05, 0) is 94.6 Å². The monoisotopic (exact) mass is 496 g/mol. The highest BCUT2D eigenvalue weighted by molar-refractivity contribution is 5.56. The van der Waals surface area contributed by atoms with Gasteiger partial charge in [0.2, 0.25) is 0 Å². The Balaban J connectivity index is 1.53. The summed E-state index contributed by atoms with van der Waals surface area (Å²) >= 11 is 0. The van der Waals surface area contributed by atoms with Crippen LogP contribution in [0, 0.1) is 25.6 Å². The van der Waals surface area contributed by atoms with E-state index in [2.05, 4.69) is 36.0 Å². The number of aryl methyl sites for hydroxylation is 1. The highest BCUT2D eigenvalue weighted by atomic mass is 19.1. The molecule has 5 rings (SSSR count). The van der Waals surface area contributed by atoms with E-state index >= 15 is 4.39 Å². The van der Waals surface area contributed by atoms with Crippen LogP contribution >= 0.6 is 0 Å². The van der Waals surface area contributed by atoms with Crippen LogP contribution in [0.25, 0.3) is 0 Å². The number of rotatable bonds is 5. The van der Waals surface area contributed by atoms with Gasteiger partial charge in [-0.25, -0.2) is 4.39 Å². The van der Waals surface area contributed by atoms with Crippen LogP contribution in [0.15, 0.2) is 6.07 Å². The fourth-order valence-electron chi connectivity index (χ4n) is 6.33. The van der Waals surface area contributed by atoms with Crippen LogP contribution in [0.1, 0.15) is 60.6 Å². The van der Waals surface area contributed by atoms with Crippen LogP contribution in [0.5, 0.6) is 6.01 Å². The van der Waals surface area contributed by atoms with Gasteiger partial charge in [0.1, 0.15) is 18.2 Å². The first-order chi connectivity index (χ1) is 17.2. The van der Waals surface area contributed by atoms with Crippen LogP contribution in [-0.4, -0.2) is 66.8 Å². The Morgan fingerprint density at radius 3 is 2.72 bits per heavy atom. The lowest BCUT2D eigenvalue weighted by Gasteiger charge is -2.39. The molecule has 2 fully saturated rings. The second kappa shape index (κ2) is 10.1. The van der Waals surface area contributed by atoms with Crippen molar-refractivity contribution in [3.63, 3.8) is 0 Å². The lowest BCUT2D eigenvalue weighted by molar-refractivity contribution is 0.187. The minimum atomic E-state index is -0.274. The summed E-state index contributed by atoms with van der Waals surface area (Å²) in [6, 6.07) is 2.92. The second-order valence-electron chi connectivity index (χ2n) is 11.2. The molecule has 0 saturated carbocycles. The Morgan fingerprint density at radius 2 is 2.00 bits per heavy atom. The smallest absolute Gasteiger partial charge is 0.318 e. The standard InChI is InChI=1S/C28H41FN6O/c1-16-12-23(30)26(29)25(19(16)4)21-13-24-22(11-17(21)2)27(35-10-8-31-14-18(35)3)33-28(32-24)36-15-20-7-6-9-34(20)5/h12,17-18,20-21,31H,6-11,13-15,30H2,1-5H3/t17?,18-,20-,21?/m0/s1. The average Bonchev–Trinajstić information content (AvgIpc) is 3.26. The third-order valence-electron chi connectivity index (χ3n) is 8.75. The molecule has 36 heavy (non-hydrogen) atoms. The van der Waals surface area contributed by atoms with Gasteiger partial charge < -0.3 is 25.6 Å². The Kier molecular flexibility index (Phi) is 7.10. The maximum atomic E-state index is 15.4. The third kappa shape index (κ3) is 4.65. The summed E-state index contributed by atoms with van der Waals surface area (Å²) in [5, 5.41) is 3.48. The molecule has 3 aliphatic rings. The lowest BCUT2D eigenvalue weighted by atomic mass is 9.73. The van der Waals surface area contributed by atoms with Crippen molar-refractivity contribution in [1.29, 1.82) is 0 Å². The number of piperazine rings is 1. The number of benzene rings is 1. The van der Waals surface area contributed by atoms with Gasteiger partial charge in [0, 0.05) is 37.3 Å². The minimum absolute atomic E-state index is 0.0108. The number of nitrogen functional groups attached to an aromatic ring is 1. The lowest BCUT2D eigenvalue weighted by Crippen LogP contribution is -2.50. The number of likely N-dealkylation sites (tertiary alicyclic amines) is 1. The summed E-state index contributed by atoms with van der Waals surface area (Å²) in [7, 11) is 2.15. The van der Waals surface area contributed by atoms with Crippen molar-refractivity contribution in [2.24, 2.45) is 5.92 Å². The SMILES string of the molecule is Cc1cc(N)c(F)c(C2Cc3nc(OC[C@@H]4CCCN4C)nc(N4CCNC[C@@H]4C)c3CC2C)c1C. The van der Waals surface area contributed by atoms with Crippen molar-refractivity contribution in [3.05, 3.63) is 39.8 Å². The topological polar surface area (TPSA) is 79.5 Å². The van der Waals surface area contributed by atoms with Crippen molar-refractivity contribution >= 4 is 11.5 Å². The van der Waals surface area contributed by atoms with E-state index in [9.17, 15) is 0 Å². The molecule has 196 valence electrons. The predicted octanol–water partition coefficient (Wildman–Crippen LogP) is 3.60. The maximum absolute atomic E-state index is 15.4. The fraction of sp³-hybridized carbons (Fsp3) is 0.643. The van der Waals surface area contributed by atoms with Crippen molar-refractivity contribution in [3.8, 4) is 6.01 Å². The quantitative estimate of drug-likeness (QED) is 0.612. The number of halogens is 1. The van der Waals surface area contributed by atoms with E-state index in [0.717, 1.165) is 67.2 Å². The normalized spacial score (nSPS) is 26.8. The summed E-state index contributed by atoms with van der Waals surface area (Å²) in [6.07, 6.45) is 3.80. The first-order valence-corrected chi connectivity index (χ1v) is 13.5. The Labute approximate surface area is 214 Å². The molecular weight excluding hydrogens is 455 g/mol. The van der Waals surface area contributed by atoms with Crippen LogP contribution in [0.3, 0.4) is 0 Å². The van der Waals surface area contributed by atoms with Crippen molar-refractivity contribution in [2.75, 3.05) is 50.5 Å². The molecular formula is C28H41FN6O. The fourth-order valence-corrected chi connectivity index (χ4v) is 6.33. The average molecular weight is 497 g/mol. The van der Waals surface area contributed by atoms with Gasteiger partial charge in [0.15, 0.2) is 0 Å². The van der Waals surface area contributed by atoms with E-state index in [0.29, 0.717) is 31.1 Å². The molecule has 8 heteroatoms. The van der Waals surface area contributed by atoms with Crippen LogP contribution in [0.4, 0.5) is 15.9 Å². The van der Waals surface area contributed by atoms with E-state index < -0.39 is 0 Å². The summed E-state index contributed by atoms with van der Waals surface area (Å²) in [6.45, 7) is 12.9. The number of fused-ring (bicyclic) bond motifs is 1. The van der Waals surface area contributed by atoms with E-state index in [1.54, 1.807) is 6.07 Å². The molecule has 1 aliphatic carbocycles. The summed E-state index contributed by atoms with van der Waals surface area (Å²) in [4.78, 5) is 14.7. The number of hydrogen-bond donors (Lipinski definition) is 2. The largest absolute Gasteiger partial charge is 0.462 e. The van der Waals surface area contributed by atoms with Crippen molar-refractivity contribution < 1.29 is 9.13 Å². The van der Waals surface area contributed by atoms with Crippen LogP contribution < -0.4 is 20.7 Å². The first kappa shape index (κ1) is 25.2. The predicted molar refractivity (Wildman–Crippen MR) is 142 cm³/mol. The molecule has 1 aromatic heterocycles. The third-order valence-corrected chi connectivity index (χ3v) is 8.75. The molecule has 2 aromatic rings. The number of aromatic nitrogens is 2. The van der Waals surface area contributed by atoms with Gasteiger partial charge in [-0.3, -0.25) is 0 Å². The minimum Gasteiger partial charge on any atom is -0.462 e. The van der Waals surface area contributed by atoms with E-state index in [1.165, 1.54) is 12.0 Å². The van der Waals surface area contributed by atoms with Gasteiger partial charge >= 0.3 is 6.01 Å². The van der Waals surface area contributed by atoms with Crippen LogP contribution in [-0.2, 0) is 12.8 Å². The van der Waals surface area contributed by atoms with Gasteiger partial charge in [-0.1, -0.05) is 6.92 Å². The Hall–Kier alpha value is -2.45. The number of ether oxygens (including phenoxy) is 1. The zero-order valence-electron chi connectivity index (χ0n) is 22.4. The number of anilines is 2. The molecule has 0 amide bonds. The summed E-state index contributed by atoms with van der Waals surface area (Å²) in [5.41, 5.74) is 11.3. The van der Waals surface area contributed by atoms with E-state index in [1.807, 2.05) is 13.8 Å². The zero-order chi connectivity index (χ0) is 25.6. The second-order valence-corrected chi connectivity index (χ2v) is 11.2. The van der Waals surface area contributed by atoms with Gasteiger partial charge in [0.25, 0.3) is 0 Å². The molecule has 2 aliphatic heterocycles. The van der Waals surface area contributed by atoms with Gasteiger partial charge in [-0.15, -0.1) is 0 Å². The molecule has 4 atom stereocenters. The highest BCUT2D eigenvalue weighted by Gasteiger charge is 2.36. The molecule has 7 nitrogen and oxygen atoms in total. The Bertz CT molecular complexity index is 1100. The highest BCUT2D eigenvalue weighted by Crippen LogP contribution is 2.43. The molecule has 0 spiro atoms. The summed E-state index contributed by atoms with van der Waals surface area (Å²) < 4.78 is 21.7. The molecule has 1 aromatic carbocycles. The maximum Gasteiger partial charge on any atom is 0.318 e. The molecule has 2 unspecified atom stereocenters. The number of nitrogens with zero attached hydrogens (tertiary/aromatic N) is 4. The first-order valence-electron chi connectivity index (χ1n) is 13.5. The summed E-state index contributed by atoms with van der Waals surface area (Å²) in [5.74, 6) is 0.974. The number of hydrogen-bond acceptors (Lipinski definition) is 7. The zero-order valence-corrected chi connectivity index (χ0v) is 22.4. The molecule has 0 radical (unpaired) electrons. The van der Waals surface area contributed by atoms with Crippen LogP contribution in [0.2, 0.25) is 0 Å². The Morgan fingerprint density at radius 1 is 1.19 bits per heavy atom. The van der Waals surface area contributed by atoms with Crippen molar-refractivity contribution in [2.45, 2.75) is 71.4 Å². The van der Waals surface area contributed by atoms with E-state index in [4.69, 9.17) is 20.4 Å². The number of nitrogens with one attached hydrogen (secondary N) is 1. The number of nitrogens with two attached hydrogens (primary N) is 1. The van der Waals surface area contributed by atoms with Gasteiger partial charge in [-0.2, -0.15) is 9.97 Å².